The molecule has 4 unspecified atom stereocenters. The van der Waals surface area contributed by atoms with E-state index in [1.165, 1.54) is 5.56 Å². The van der Waals surface area contributed by atoms with Crippen LogP contribution in [0.5, 0.6) is 11.5 Å². The molecule has 1 N–H and O–H groups in total. The monoisotopic (exact) mass is 289 g/mol. The largest absolute Gasteiger partial charge is 0.481 e. The average Bonchev–Trinajstić information content (AvgIpc) is 3.19. The van der Waals surface area contributed by atoms with Gasteiger partial charge in [0.15, 0.2) is 11.5 Å². The van der Waals surface area contributed by atoms with Gasteiger partial charge in [0.2, 0.25) is 6.79 Å². The van der Waals surface area contributed by atoms with Gasteiger partial charge < -0.3 is 14.6 Å². The van der Waals surface area contributed by atoms with Crippen molar-refractivity contribution in [2.45, 2.75) is 44.3 Å². The Morgan fingerprint density at radius 2 is 2.14 bits per heavy atom. The van der Waals surface area contributed by atoms with Crippen molar-refractivity contribution in [3.8, 4) is 11.5 Å². The average molecular weight is 289 g/mol. The molecule has 1 aromatic rings. The molecule has 0 aromatic heterocycles. The third kappa shape index (κ3) is 1.91. The lowest BCUT2D eigenvalue weighted by molar-refractivity contribution is -0.142. The minimum absolute atomic E-state index is 0.174. The molecule has 0 aliphatic carbocycles. The molecule has 3 heterocycles. The van der Waals surface area contributed by atoms with Gasteiger partial charge in [0.1, 0.15) is 0 Å². The van der Waals surface area contributed by atoms with E-state index in [0.29, 0.717) is 6.04 Å². The van der Waals surface area contributed by atoms with Crippen LogP contribution >= 0.6 is 0 Å². The van der Waals surface area contributed by atoms with Crippen molar-refractivity contribution >= 4 is 5.97 Å². The van der Waals surface area contributed by atoms with Crippen molar-refractivity contribution in [2.75, 3.05) is 6.79 Å². The van der Waals surface area contributed by atoms with Crippen LogP contribution < -0.4 is 9.47 Å². The molecule has 112 valence electrons. The molecule has 1 aromatic carbocycles. The fraction of sp³-hybridized carbons (Fsp3) is 0.562. The Labute approximate surface area is 123 Å². The Morgan fingerprint density at radius 1 is 1.33 bits per heavy atom. The van der Waals surface area contributed by atoms with Gasteiger partial charge in [-0.15, -0.1) is 0 Å². The van der Waals surface area contributed by atoms with Gasteiger partial charge in [0.25, 0.3) is 0 Å². The number of hydrogen-bond acceptors (Lipinski definition) is 4. The lowest BCUT2D eigenvalue weighted by Gasteiger charge is -2.30. The number of carboxylic acid groups (broad SMARTS) is 1. The molecule has 3 aliphatic rings. The van der Waals surface area contributed by atoms with Crippen molar-refractivity contribution in [3.05, 3.63) is 23.8 Å². The van der Waals surface area contributed by atoms with Crippen molar-refractivity contribution in [3.63, 3.8) is 0 Å². The number of carbonyl (C=O) groups is 1. The molecule has 5 heteroatoms. The summed E-state index contributed by atoms with van der Waals surface area (Å²) in [6.45, 7) is 2.44. The van der Waals surface area contributed by atoms with E-state index in [4.69, 9.17) is 9.47 Å². The summed E-state index contributed by atoms with van der Waals surface area (Å²) < 4.78 is 10.8. The van der Waals surface area contributed by atoms with E-state index in [0.717, 1.165) is 30.8 Å². The lowest BCUT2D eigenvalue weighted by Crippen LogP contribution is -2.34. The molecule has 0 amide bonds. The fourth-order valence-electron chi connectivity index (χ4n) is 4.24. The second kappa shape index (κ2) is 4.63. The van der Waals surface area contributed by atoms with Crippen LogP contribution in [-0.2, 0) is 4.79 Å². The summed E-state index contributed by atoms with van der Waals surface area (Å²) in [5.41, 5.74) is 1.17. The molecule has 0 radical (unpaired) electrons. The molecular weight excluding hydrogens is 270 g/mol. The maximum atomic E-state index is 11.4. The van der Waals surface area contributed by atoms with Crippen LogP contribution in [0.1, 0.15) is 37.8 Å². The highest BCUT2D eigenvalue weighted by Crippen LogP contribution is 2.47. The molecule has 4 rings (SSSR count). The number of fused-ring (bicyclic) bond motifs is 3. The minimum atomic E-state index is -0.648. The van der Waals surface area contributed by atoms with Gasteiger partial charge in [0.05, 0.1) is 5.92 Å². The van der Waals surface area contributed by atoms with E-state index in [1.54, 1.807) is 0 Å². The normalized spacial score (nSPS) is 31.6. The third-order valence-electron chi connectivity index (χ3n) is 5.23. The topological polar surface area (TPSA) is 59.0 Å². The highest BCUT2D eigenvalue weighted by Gasteiger charge is 2.50. The first kappa shape index (κ1) is 13.0. The standard InChI is InChI=1S/C16H19NO4/c1-9(10-2-5-14-15(6-10)21-8-20-14)17-11-3-4-13(17)12(7-11)16(18)19/h2,5-6,9,11-13H,3-4,7-8H2,1H3,(H,18,19). The van der Waals surface area contributed by atoms with Gasteiger partial charge >= 0.3 is 5.97 Å². The van der Waals surface area contributed by atoms with Crippen molar-refractivity contribution in [1.29, 1.82) is 0 Å². The summed E-state index contributed by atoms with van der Waals surface area (Å²) in [7, 11) is 0. The first-order valence-electron chi connectivity index (χ1n) is 7.55. The Balaban J connectivity index is 1.60. The molecular formula is C16H19NO4. The van der Waals surface area contributed by atoms with Crippen LogP contribution in [0.4, 0.5) is 0 Å². The summed E-state index contributed by atoms with van der Waals surface area (Å²) in [4.78, 5) is 13.8. The van der Waals surface area contributed by atoms with E-state index in [9.17, 15) is 9.90 Å². The van der Waals surface area contributed by atoms with Crippen LogP contribution in [0.3, 0.4) is 0 Å². The molecule has 2 bridgehead atoms. The van der Waals surface area contributed by atoms with Gasteiger partial charge in [-0.3, -0.25) is 9.69 Å². The van der Waals surface area contributed by atoms with E-state index in [2.05, 4.69) is 17.9 Å². The molecule has 3 aliphatic heterocycles. The molecule has 2 fully saturated rings. The third-order valence-corrected chi connectivity index (χ3v) is 5.23. The van der Waals surface area contributed by atoms with Gasteiger partial charge in [-0.05, 0) is 43.9 Å². The Kier molecular flexibility index (Phi) is 2.85. The SMILES string of the molecule is CC(c1ccc2c(c1)OCO2)N1C2CCC1C(C(=O)O)C2. The Bertz CT molecular complexity index is 588. The van der Waals surface area contributed by atoms with Crippen LogP contribution in [0.25, 0.3) is 0 Å². The van der Waals surface area contributed by atoms with Crippen LogP contribution in [0, 0.1) is 5.92 Å². The van der Waals surface area contributed by atoms with Gasteiger partial charge in [-0.2, -0.15) is 0 Å². The fourth-order valence-corrected chi connectivity index (χ4v) is 4.24. The van der Waals surface area contributed by atoms with Crippen molar-refractivity contribution in [2.24, 2.45) is 5.92 Å². The number of nitrogens with zero attached hydrogens (tertiary/aromatic N) is 1. The first-order chi connectivity index (χ1) is 10.1. The van der Waals surface area contributed by atoms with E-state index >= 15 is 0 Å². The predicted octanol–water partition coefficient (Wildman–Crippen LogP) is 2.41. The Hall–Kier alpha value is -1.75. The number of aliphatic carboxylic acids is 1. The highest BCUT2D eigenvalue weighted by molar-refractivity contribution is 5.71. The molecule has 4 atom stereocenters. The van der Waals surface area contributed by atoms with E-state index in [-0.39, 0.29) is 24.8 Å². The molecule has 21 heavy (non-hydrogen) atoms. The van der Waals surface area contributed by atoms with Gasteiger partial charge in [-0.1, -0.05) is 6.07 Å². The van der Waals surface area contributed by atoms with Gasteiger partial charge in [-0.25, -0.2) is 0 Å². The minimum Gasteiger partial charge on any atom is -0.481 e. The molecule has 5 nitrogen and oxygen atoms in total. The summed E-state index contributed by atoms with van der Waals surface area (Å²) in [6.07, 6.45) is 2.90. The zero-order valence-corrected chi connectivity index (χ0v) is 12.0. The molecule has 0 spiro atoms. The molecule has 2 saturated heterocycles. The van der Waals surface area contributed by atoms with Gasteiger partial charge in [0, 0.05) is 18.1 Å². The number of ether oxygens (including phenoxy) is 2. The van der Waals surface area contributed by atoms with Crippen molar-refractivity contribution < 1.29 is 19.4 Å². The summed E-state index contributed by atoms with van der Waals surface area (Å²) in [5.74, 6) is 0.727. The predicted molar refractivity (Wildman–Crippen MR) is 75.4 cm³/mol. The summed E-state index contributed by atoms with van der Waals surface area (Å²) >= 11 is 0. The first-order valence-corrected chi connectivity index (χ1v) is 7.55. The number of rotatable bonds is 3. The smallest absolute Gasteiger partial charge is 0.308 e. The van der Waals surface area contributed by atoms with E-state index < -0.39 is 5.97 Å². The quantitative estimate of drug-likeness (QED) is 0.926. The van der Waals surface area contributed by atoms with Crippen LogP contribution in [0.2, 0.25) is 0 Å². The van der Waals surface area contributed by atoms with Crippen LogP contribution in [-0.4, -0.2) is 34.9 Å². The zero-order chi connectivity index (χ0) is 14.6. The van der Waals surface area contributed by atoms with Crippen LogP contribution in [0.15, 0.2) is 18.2 Å². The second-order valence-corrected chi connectivity index (χ2v) is 6.21. The van der Waals surface area contributed by atoms with Crippen molar-refractivity contribution in [1.82, 2.24) is 4.90 Å². The lowest BCUT2D eigenvalue weighted by atomic mass is 9.89. The number of carboxylic acids is 1. The Morgan fingerprint density at radius 3 is 2.90 bits per heavy atom. The zero-order valence-electron chi connectivity index (χ0n) is 12.0. The highest BCUT2D eigenvalue weighted by atomic mass is 16.7. The number of benzene rings is 1. The number of hydrogen-bond donors (Lipinski definition) is 1. The maximum absolute atomic E-state index is 11.4. The summed E-state index contributed by atoms with van der Waals surface area (Å²) in [5, 5.41) is 9.37. The maximum Gasteiger partial charge on any atom is 0.308 e. The molecule has 0 saturated carbocycles. The summed E-state index contributed by atoms with van der Waals surface area (Å²) in [6, 6.07) is 6.82. The van der Waals surface area contributed by atoms with E-state index in [1.807, 2.05) is 12.1 Å². The second-order valence-electron chi connectivity index (χ2n) is 6.21.